The van der Waals surface area contributed by atoms with Crippen molar-refractivity contribution in [1.82, 2.24) is 0 Å². The van der Waals surface area contributed by atoms with Gasteiger partial charge in [0.15, 0.2) is 0 Å². The molecule has 0 bridgehead atoms. The number of nitriles is 1. The molecule has 0 saturated heterocycles. The fourth-order valence-electron chi connectivity index (χ4n) is 2.40. The molecule has 1 aromatic heterocycles. The molecule has 0 amide bonds. The first-order valence-electron chi connectivity index (χ1n) is 7.50. The molecule has 0 saturated carbocycles. The number of fused-ring (bicyclic) bond motifs is 1. The summed E-state index contributed by atoms with van der Waals surface area (Å²) < 4.78 is 16.4. The summed E-state index contributed by atoms with van der Waals surface area (Å²) in [5, 5.41) is 9.60. The van der Waals surface area contributed by atoms with Crippen molar-refractivity contribution in [2.45, 2.75) is 13.8 Å². The molecule has 3 rings (SSSR count). The van der Waals surface area contributed by atoms with Gasteiger partial charge in [-0.3, -0.25) is 0 Å². The van der Waals surface area contributed by atoms with Gasteiger partial charge in [0.1, 0.15) is 17.1 Å². The fraction of sp³-hybridized carbons (Fsp3) is 0.158. The number of aryl methyl sites for hydroxylation is 1. The first-order valence-corrected chi connectivity index (χ1v) is 7.50. The fourth-order valence-corrected chi connectivity index (χ4v) is 2.40. The molecule has 24 heavy (non-hydrogen) atoms. The molecule has 0 aliphatic heterocycles. The van der Waals surface area contributed by atoms with Gasteiger partial charge < -0.3 is 13.9 Å². The summed E-state index contributed by atoms with van der Waals surface area (Å²) in [6.45, 7) is 4.28. The number of carbonyl (C=O) groups is 1. The Labute approximate surface area is 139 Å². The van der Waals surface area contributed by atoms with Crippen LogP contribution in [0, 0.1) is 18.3 Å². The second-order valence-electron chi connectivity index (χ2n) is 5.17. The Kier molecular flexibility index (Phi) is 4.21. The van der Waals surface area contributed by atoms with E-state index in [0.717, 1.165) is 11.1 Å². The number of furan rings is 1. The maximum atomic E-state index is 12.4. The first-order chi connectivity index (χ1) is 11.6. The predicted octanol–water partition coefficient (Wildman–Crippen LogP) is 4.23. The second kappa shape index (κ2) is 6.47. The number of hydrogen-bond donors (Lipinski definition) is 0. The van der Waals surface area contributed by atoms with Crippen molar-refractivity contribution in [1.29, 1.82) is 5.26 Å². The van der Waals surface area contributed by atoms with Gasteiger partial charge in [-0.25, -0.2) is 4.79 Å². The highest BCUT2D eigenvalue weighted by Crippen LogP contribution is 2.29. The standard InChI is InChI=1S/C19H15NO4/c1-3-22-15-8-9-17-16(10-15)12(2)18(24-17)19(21)23-14-6-4-13(11-20)5-7-14/h4-10H,3H2,1-2H3. The Morgan fingerprint density at radius 1 is 1.17 bits per heavy atom. The summed E-state index contributed by atoms with van der Waals surface area (Å²) in [4.78, 5) is 12.4. The molecule has 0 atom stereocenters. The van der Waals surface area contributed by atoms with Gasteiger partial charge in [0.25, 0.3) is 0 Å². The van der Waals surface area contributed by atoms with E-state index in [-0.39, 0.29) is 5.76 Å². The average molecular weight is 321 g/mol. The molecular weight excluding hydrogens is 306 g/mol. The number of nitrogens with zero attached hydrogens (tertiary/aromatic N) is 1. The minimum absolute atomic E-state index is 0.156. The van der Waals surface area contributed by atoms with E-state index in [4.69, 9.17) is 19.2 Å². The molecule has 0 radical (unpaired) electrons. The Balaban J connectivity index is 1.89. The van der Waals surface area contributed by atoms with E-state index < -0.39 is 5.97 Å². The highest BCUT2D eigenvalue weighted by molar-refractivity contribution is 5.97. The lowest BCUT2D eigenvalue weighted by molar-refractivity contribution is 0.0703. The Hall–Kier alpha value is -3.26. The lowest BCUT2D eigenvalue weighted by Crippen LogP contribution is -2.08. The number of carbonyl (C=O) groups excluding carboxylic acids is 1. The van der Waals surface area contributed by atoms with Crippen molar-refractivity contribution in [3.8, 4) is 17.6 Å². The summed E-state index contributed by atoms with van der Waals surface area (Å²) >= 11 is 0. The van der Waals surface area contributed by atoms with E-state index in [1.807, 2.05) is 19.1 Å². The van der Waals surface area contributed by atoms with Crippen LogP contribution in [-0.2, 0) is 0 Å². The van der Waals surface area contributed by atoms with Gasteiger partial charge in [0.05, 0.1) is 18.2 Å². The molecule has 5 heteroatoms. The van der Waals surface area contributed by atoms with Crippen LogP contribution < -0.4 is 9.47 Å². The highest BCUT2D eigenvalue weighted by Gasteiger charge is 2.20. The third-order valence-electron chi connectivity index (χ3n) is 3.60. The minimum Gasteiger partial charge on any atom is -0.494 e. The van der Waals surface area contributed by atoms with Gasteiger partial charge in [-0.05, 0) is 56.3 Å². The molecule has 120 valence electrons. The van der Waals surface area contributed by atoms with Crippen LogP contribution in [0.15, 0.2) is 46.9 Å². The molecule has 0 aliphatic rings. The van der Waals surface area contributed by atoms with Crippen LogP contribution in [-0.4, -0.2) is 12.6 Å². The zero-order chi connectivity index (χ0) is 17.1. The smallest absolute Gasteiger partial charge is 0.379 e. The van der Waals surface area contributed by atoms with Crippen molar-refractivity contribution in [2.75, 3.05) is 6.61 Å². The van der Waals surface area contributed by atoms with Crippen LogP contribution in [0.4, 0.5) is 0 Å². The van der Waals surface area contributed by atoms with E-state index in [0.29, 0.717) is 29.1 Å². The van der Waals surface area contributed by atoms with Crippen LogP contribution in [0.1, 0.15) is 28.6 Å². The first kappa shape index (κ1) is 15.6. The molecule has 1 heterocycles. The molecule has 3 aromatic rings. The highest BCUT2D eigenvalue weighted by atomic mass is 16.5. The van der Waals surface area contributed by atoms with E-state index in [9.17, 15) is 4.79 Å². The molecular formula is C19H15NO4. The molecule has 0 N–H and O–H groups in total. The molecule has 0 aliphatic carbocycles. The lowest BCUT2D eigenvalue weighted by Gasteiger charge is -2.02. The summed E-state index contributed by atoms with van der Waals surface area (Å²) in [7, 11) is 0. The van der Waals surface area contributed by atoms with Crippen LogP contribution in [0.5, 0.6) is 11.5 Å². The van der Waals surface area contributed by atoms with Crippen LogP contribution in [0.25, 0.3) is 11.0 Å². The van der Waals surface area contributed by atoms with Gasteiger partial charge in [0.2, 0.25) is 5.76 Å². The number of benzene rings is 2. The topological polar surface area (TPSA) is 72.5 Å². The normalized spacial score (nSPS) is 10.4. The Morgan fingerprint density at radius 2 is 1.88 bits per heavy atom. The molecule has 0 unspecified atom stereocenters. The number of rotatable bonds is 4. The van der Waals surface area contributed by atoms with Gasteiger partial charge in [-0.15, -0.1) is 0 Å². The summed E-state index contributed by atoms with van der Waals surface area (Å²) in [6.07, 6.45) is 0. The molecule has 2 aromatic carbocycles. The predicted molar refractivity (Wildman–Crippen MR) is 88.2 cm³/mol. The summed E-state index contributed by atoms with van der Waals surface area (Å²) in [5.41, 5.74) is 1.80. The second-order valence-corrected chi connectivity index (χ2v) is 5.17. The van der Waals surface area contributed by atoms with E-state index in [1.165, 1.54) is 0 Å². The molecule has 0 fully saturated rings. The number of ether oxygens (including phenoxy) is 2. The van der Waals surface area contributed by atoms with Gasteiger partial charge in [0, 0.05) is 10.9 Å². The maximum Gasteiger partial charge on any atom is 0.379 e. The van der Waals surface area contributed by atoms with Gasteiger partial charge in [-0.1, -0.05) is 0 Å². The maximum absolute atomic E-state index is 12.4. The van der Waals surface area contributed by atoms with Crippen molar-refractivity contribution < 1.29 is 18.7 Å². The van der Waals surface area contributed by atoms with Crippen LogP contribution in [0.2, 0.25) is 0 Å². The molecule has 5 nitrogen and oxygen atoms in total. The van der Waals surface area contributed by atoms with Gasteiger partial charge in [-0.2, -0.15) is 5.26 Å². The van der Waals surface area contributed by atoms with Crippen LogP contribution in [0.3, 0.4) is 0 Å². The van der Waals surface area contributed by atoms with Crippen molar-refractivity contribution >= 4 is 16.9 Å². The zero-order valence-corrected chi connectivity index (χ0v) is 13.3. The van der Waals surface area contributed by atoms with E-state index in [2.05, 4.69) is 0 Å². The third kappa shape index (κ3) is 2.95. The van der Waals surface area contributed by atoms with Crippen molar-refractivity contribution in [3.05, 3.63) is 59.4 Å². The third-order valence-corrected chi connectivity index (χ3v) is 3.60. The lowest BCUT2D eigenvalue weighted by atomic mass is 10.1. The molecule has 0 spiro atoms. The monoisotopic (exact) mass is 321 g/mol. The van der Waals surface area contributed by atoms with Gasteiger partial charge >= 0.3 is 5.97 Å². The Bertz CT molecular complexity index is 932. The number of esters is 1. The zero-order valence-electron chi connectivity index (χ0n) is 13.3. The van der Waals surface area contributed by atoms with Crippen molar-refractivity contribution in [2.24, 2.45) is 0 Å². The minimum atomic E-state index is -0.577. The largest absolute Gasteiger partial charge is 0.494 e. The van der Waals surface area contributed by atoms with Crippen molar-refractivity contribution in [3.63, 3.8) is 0 Å². The summed E-state index contributed by atoms with van der Waals surface area (Å²) in [6, 6.07) is 13.7. The Morgan fingerprint density at radius 3 is 2.54 bits per heavy atom. The quantitative estimate of drug-likeness (QED) is 0.531. The van der Waals surface area contributed by atoms with E-state index >= 15 is 0 Å². The SMILES string of the molecule is CCOc1ccc2oc(C(=O)Oc3ccc(C#N)cc3)c(C)c2c1. The average Bonchev–Trinajstić information content (AvgIpc) is 2.93. The summed E-state index contributed by atoms with van der Waals surface area (Å²) in [5.74, 6) is 0.657. The number of hydrogen-bond acceptors (Lipinski definition) is 5. The van der Waals surface area contributed by atoms with Crippen LogP contribution >= 0.6 is 0 Å². The van der Waals surface area contributed by atoms with E-state index in [1.54, 1.807) is 43.3 Å².